The van der Waals surface area contributed by atoms with Gasteiger partial charge < -0.3 is 15.6 Å². The fourth-order valence-corrected chi connectivity index (χ4v) is 6.40. The SMILES string of the molecule is COCCS(=O)c1sc2nc(-c3cnc4nn(CCO)cc4c3)cc(-c3ccccc3)c2c1N. The van der Waals surface area contributed by atoms with E-state index in [-0.39, 0.29) is 6.61 Å². The van der Waals surface area contributed by atoms with Crippen LogP contribution in [0.2, 0.25) is 0 Å². The predicted molar refractivity (Wildman–Crippen MR) is 136 cm³/mol. The highest BCUT2D eigenvalue weighted by Gasteiger charge is 2.21. The molecule has 0 spiro atoms. The first kappa shape index (κ1) is 22.6. The lowest BCUT2D eigenvalue weighted by molar-refractivity contribution is 0.218. The highest BCUT2D eigenvalue weighted by molar-refractivity contribution is 7.87. The Bertz CT molecular complexity index is 1500. The molecule has 0 aliphatic rings. The second-order valence-corrected chi connectivity index (χ2v) is 10.5. The molecule has 5 rings (SSSR count). The standard InChI is InChI=1S/C24H23N5O3S2/c1-32-9-10-34(31)24-21(25)20-18(15-5-3-2-4-6-15)12-19(27-23(20)33-24)16-11-17-14-29(7-8-30)28-22(17)26-13-16/h2-6,11-14,30H,7-10,25H2,1H3. The molecule has 0 saturated carbocycles. The molecule has 0 aliphatic heterocycles. The van der Waals surface area contributed by atoms with Gasteiger partial charge in [-0.15, -0.1) is 11.3 Å². The Balaban J connectivity index is 1.69. The quantitative estimate of drug-likeness (QED) is 0.338. The van der Waals surface area contributed by atoms with Crippen molar-refractivity contribution in [2.24, 2.45) is 0 Å². The molecule has 34 heavy (non-hydrogen) atoms. The maximum absolute atomic E-state index is 12.9. The number of thiophene rings is 1. The van der Waals surface area contributed by atoms with E-state index < -0.39 is 10.8 Å². The van der Waals surface area contributed by atoms with Gasteiger partial charge in [-0.1, -0.05) is 30.3 Å². The first-order valence-electron chi connectivity index (χ1n) is 10.7. The fourth-order valence-electron chi connectivity index (χ4n) is 3.84. The number of anilines is 1. The number of methoxy groups -OCH3 is 1. The molecule has 0 fully saturated rings. The van der Waals surface area contributed by atoms with Crippen molar-refractivity contribution >= 4 is 49.1 Å². The van der Waals surface area contributed by atoms with Gasteiger partial charge in [-0.25, -0.2) is 9.97 Å². The summed E-state index contributed by atoms with van der Waals surface area (Å²) in [6, 6.07) is 14.0. The van der Waals surface area contributed by atoms with E-state index in [4.69, 9.17) is 15.5 Å². The van der Waals surface area contributed by atoms with E-state index in [0.29, 0.717) is 34.4 Å². The number of ether oxygens (including phenoxy) is 1. The molecule has 1 atom stereocenters. The summed E-state index contributed by atoms with van der Waals surface area (Å²) in [5, 5.41) is 15.2. The number of hydrogen-bond acceptors (Lipinski definition) is 8. The Kier molecular flexibility index (Phi) is 6.38. The minimum absolute atomic E-state index is 0.00733. The number of fused-ring (bicyclic) bond motifs is 2. The molecule has 174 valence electrons. The number of nitrogens with two attached hydrogens (primary N) is 1. The van der Waals surface area contributed by atoms with E-state index in [2.05, 4.69) is 10.1 Å². The van der Waals surface area contributed by atoms with Gasteiger partial charge in [-0.3, -0.25) is 8.89 Å². The fraction of sp³-hybridized carbons (Fsp3) is 0.208. The molecular weight excluding hydrogens is 470 g/mol. The van der Waals surface area contributed by atoms with Crippen molar-refractivity contribution in [1.29, 1.82) is 0 Å². The molecule has 0 amide bonds. The maximum Gasteiger partial charge on any atom is 0.181 e. The molecule has 0 radical (unpaired) electrons. The molecule has 1 aromatic carbocycles. The summed E-state index contributed by atoms with van der Waals surface area (Å²) in [7, 11) is 0.312. The minimum atomic E-state index is -1.28. The van der Waals surface area contributed by atoms with E-state index in [1.54, 1.807) is 18.0 Å². The topological polar surface area (TPSA) is 116 Å². The molecule has 4 aromatic heterocycles. The summed E-state index contributed by atoms with van der Waals surface area (Å²) in [6.45, 7) is 0.805. The molecule has 0 bridgehead atoms. The number of aliphatic hydroxyl groups is 1. The van der Waals surface area contributed by atoms with Crippen LogP contribution in [0.3, 0.4) is 0 Å². The first-order valence-corrected chi connectivity index (χ1v) is 12.8. The molecule has 3 N–H and O–H groups in total. The summed E-state index contributed by atoms with van der Waals surface area (Å²) < 4.78 is 20.3. The van der Waals surface area contributed by atoms with Gasteiger partial charge in [0.2, 0.25) is 0 Å². The smallest absolute Gasteiger partial charge is 0.181 e. The van der Waals surface area contributed by atoms with Crippen molar-refractivity contribution in [3.05, 3.63) is 54.9 Å². The maximum atomic E-state index is 12.9. The summed E-state index contributed by atoms with van der Waals surface area (Å²) in [5.74, 6) is 0.374. The number of aromatic nitrogens is 4. The lowest BCUT2D eigenvalue weighted by Crippen LogP contribution is -2.04. The van der Waals surface area contributed by atoms with Crippen LogP contribution in [-0.2, 0) is 22.1 Å². The summed E-state index contributed by atoms with van der Waals surface area (Å²) >= 11 is 1.36. The first-order chi connectivity index (χ1) is 16.6. The molecule has 1 unspecified atom stereocenters. The van der Waals surface area contributed by atoms with Crippen LogP contribution < -0.4 is 5.73 Å². The lowest BCUT2D eigenvalue weighted by atomic mass is 10.0. The second kappa shape index (κ2) is 9.59. The summed E-state index contributed by atoms with van der Waals surface area (Å²) in [6.07, 6.45) is 3.61. The molecule has 0 aliphatic carbocycles. The second-order valence-electron chi connectivity index (χ2n) is 7.70. The Hall–Kier alpha value is -3.18. The van der Waals surface area contributed by atoms with Gasteiger partial charge in [0.25, 0.3) is 0 Å². The summed E-state index contributed by atoms with van der Waals surface area (Å²) in [5.41, 5.74) is 11.2. The summed E-state index contributed by atoms with van der Waals surface area (Å²) in [4.78, 5) is 10.1. The van der Waals surface area contributed by atoms with Crippen LogP contribution in [0.5, 0.6) is 0 Å². The number of nitrogen functional groups attached to an aromatic ring is 1. The van der Waals surface area contributed by atoms with E-state index in [1.165, 1.54) is 11.3 Å². The molecule has 10 heteroatoms. The van der Waals surface area contributed by atoms with Crippen molar-refractivity contribution in [2.45, 2.75) is 10.8 Å². The normalized spacial score (nSPS) is 12.5. The Morgan fingerprint density at radius 1 is 1.21 bits per heavy atom. The van der Waals surface area contributed by atoms with Gasteiger partial charge in [0, 0.05) is 35.8 Å². The number of aliphatic hydroxyl groups excluding tert-OH is 1. The van der Waals surface area contributed by atoms with Gasteiger partial charge in [0.1, 0.15) is 9.04 Å². The molecule has 5 aromatic rings. The van der Waals surface area contributed by atoms with E-state index in [9.17, 15) is 9.32 Å². The third kappa shape index (κ3) is 4.21. The third-order valence-corrected chi connectivity index (χ3v) is 8.33. The van der Waals surface area contributed by atoms with Gasteiger partial charge in [0.15, 0.2) is 5.65 Å². The zero-order valence-electron chi connectivity index (χ0n) is 18.5. The number of pyridine rings is 2. The van der Waals surface area contributed by atoms with Crippen molar-refractivity contribution in [1.82, 2.24) is 19.7 Å². The zero-order chi connectivity index (χ0) is 23.7. The van der Waals surface area contributed by atoms with Crippen LogP contribution >= 0.6 is 11.3 Å². The number of benzene rings is 1. The van der Waals surface area contributed by atoms with Crippen LogP contribution in [0.25, 0.3) is 43.6 Å². The van der Waals surface area contributed by atoms with Crippen LogP contribution in [0.4, 0.5) is 5.69 Å². The largest absolute Gasteiger partial charge is 0.396 e. The van der Waals surface area contributed by atoms with E-state index >= 15 is 0 Å². The number of rotatable bonds is 8. The highest BCUT2D eigenvalue weighted by Crippen LogP contribution is 2.42. The zero-order valence-corrected chi connectivity index (χ0v) is 20.1. The van der Waals surface area contributed by atoms with Crippen LogP contribution in [0, 0.1) is 0 Å². The van der Waals surface area contributed by atoms with Crippen molar-refractivity contribution in [2.75, 3.05) is 31.8 Å². The molecule has 4 heterocycles. The predicted octanol–water partition coefficient (Wildman–Crippen LogP) is 3.70. The highest BCUT2D eigenvalue weighted by atomic mass is 32.2. The van der Waals surface area contributed by atoms with Crippen molar-refractivity contribution in [3.8, 4) is 22.4 Å². The van der Waals surface area contributed by atoms with Crippen molar-refractivity contribution in [3.63, 3.8) is 0 Å². The van der Waals surface area contributed by atoms with Gasteiger partial charge in [-0.2, -0.15) is 5.10 Å². The lowest BCUT2D eigenvalue weighted by Gasteiger charge is -2.09. The van der Waals surface area contributed by atoms with Crippen LogP contribution in [-0.4, -0.2) is 55.1 Å². The van der Waals surface area contributed by atoms with E-state index in [0.717, 1.165) is 38.0 Å². The molecular formula is C24H23N5O3S2. The Morgan fingerprint density at radius 2 is 2.03 bits per heavy atom. The number of hydrogen-bond donors (Lipinski definition) is 2. The van der Waals surface area contributed by atoms with Crippen LogP contribution in [0.15, 0.2) is 59.1 Å². The molecule has 0 saturated heterocycles. The third-order valence-electron chi connectivity index (χ3n) is 5.46. The van der Waals surface area contributed by atoms with Gasteiger partial charge in [-0.05, 0) is 23.3 Å². The van der Waals surface area contributed by atoms with Crippen molar-refractivity contribution < 1.29 is 14.1 Å². The van der Waals surface area contributed by atoms with E-state index in [1.807, 2.05) is 48.7 Å². The average molecular weight is 494 g/mol. The minimum Gasteiger partial charge on any atom is -0.396 e. The monoisotopic (exact) mass is 493 g/mol. The van der Waals surface area contributed by atoms with Gasteiger partial charge in [0.05, 0.1) is 47.7 Å². The molecule has 8 nitrogen and oxygen atoms in total. The Labute approximate surface area is 202 Å². The number of nitrogens with zero attached hydrogens (tertiary/aromatic N) is 4. The van der Waals surface area contributed by atoms with Gasteiger partial charge >= 0.3 is 0 Å². The van der Waals surface area contributed by atoms with Crippen LogP contribution in [0.1, 0.15) is 0 Å². The average Bonchev–Trinajstić information content (AvgIpc) is 3.42. The Morgan fingerprint density at radius 3 is 2.79 bits per heavy atom.